The lowest BCUT2D eigenvalue weighted by Crippen LogP contribution is -2.69. The van der Waals surface area contributed by atoms with Crippen molar-refractivity contribution in [3.05, 3.63) is 24.3 Å². The first kappa shape index (κ1) is 29.5. The molecule has 0 amide bonds. The molecule has 0 radical (unpaired) electrons. The first-order valence-corrected chi connectivity index (χ1v) is 15.6. The first-order chi connectivity index (χ1) is 19.5. The molecule has 9 heteroatoms. The summed E-state index contributed by atoms with van der Waals surface area (Å²) in [5.41, 5.74) is -1.91. The van der Waals surface area contributed by atoms with Crippen LogP contribution >= 0.6 is 0 Å². The van der Waals surface area contributed by atoms with Gasteiger partial charge in [0.25, 0.3) is 0 Å². The molecule has 6 rings (SSSR count). The fourth-order valence-corrected chi connectivity index (χ4v) is 10.1. The van der Waals surface area contributed by atoms with Crippen LogP contribution in [0.4, 0.5) is 0 Å². The number of aliphatic hydroxyl groups is 4. The third kappa shape index (κ3) is 4.49. The second-order valence-electron chi connectivity index (χ2n) is 14.0. The van der Waals surface area contributed by atoms with Crippen molar-refractivity contribution in [1.82, 2.24) is 0 Å². The Morgan fingerprint density at radius 3 is 2.61 bits per heavy atom. The zero-order valence-corrected chi connectivity index (χ0v) is 24.4. The summed E-state index contributed by atoms with van der Waals surface area (Å²) in [6, 6.07) is 0. The van der Waals surface area contributed by atoms with E-state index in [1.165, 1.54) is 0 Å². The van der Waals surface area contributed by atoms with Crippen LogP contribution in [0.3, 0.4) is 0 Å². The summed E-state index contributed by atoms with van der Waals surface area (Å²) in [6.07, 6.45) is 8.52. The van der Waals surface area contributed by atoms with Gasteiger partial charge >= 0.3 is 5.97 Å². The number of ether oxygens (including phenoxy) is 3. The molecule has 0 bridgehead atoms. The summed E-state index contributed by atoms with van der Waals surface area (Å²) >= 11 is 0. The summed E-state index contributed by atoms with van der Waals surface area (Å²) in [5.74, 6) is -0.101. The highest BCUT2D eigenvalue weighted by Crippen LogP contribution is 2.70. The lowest BCUT2D eigenvalue weighted by atomic mass is 9.41. The third-order valence-electron chi connectivity index (χ3n) is 12.2. The highest BCUT2D eigenvalue weighted by atomic mass is 16.7. The number of cyclic esters (lactones) is 1. The molecule has 6 aliphatic rings. The van der Waals surface area contributed by atoms with Crippen LogP contribution in [-0.2, 0) is 19.0 Å². The predicted molar refractivity (Wildman–Crippen MR) is 151 cm³/mol. The molecule has 41 heavy (non-hydrogen) atoms. The quantitative estimate of drug-likeness (QED) is 0.165. The van der Waals surface area contributed by atoms with Gasteiger partial charge < -0.3 is 34.6 Å². The maximum absolute atomic E-state index is 12.6. The number of carbonyl (C=O) groups is 1. The van der Waals surface area contributed by atoms with Gasteiger partial charge in [0.2, 0.25) is 0 Å². The fraction of sp³-hybridized carbons (Fsp3) is 0.812. The molecule has 4 N–H and O–H groups in total. The topological polar surface area (TPSA) is 138 Å². The standard InChI is InChI=1S/C32H47NO8/c1-4-13-33-18-30-10-5-21(41-27-15-25(34)28(36)19(2)40-27)16-31(30,37)11-7-24-23(30)6-9-29(3)22(8-12-32(24,29)38)20-14-26(35)39-17-20/h4,14,18-19,21-25,27-28,34,36-38H,1,5-13,15-17H2,2-3H3/t19-,21-,22+,23-,24+,25-,27+,28+,29+,30-,31+,32+/m0/s1. The Labute approximate surface area is 242 Å². The SMILES string of the molecule is C=CCN=C[C@]12CC[C@H](O[C@@H]3C[C@H](O)[C@H](O)[C@H](C)O3)C[C@]1(O)CC[C@@H]1[C@@H]2CC[C@]2(C)[C@@H](C3=CC(=O)OC3)CC[C@@]12O. The molecule has 2 aliphatic heterocycles. The van der Waals surface area contributed by atoms with Crippen molar-refractivity contribution >= 4 is 12.2 Å². The molecular formula is C32H47NO8. The smallest absolute Gasteiger partial charge is 0.331 e. The van der Waals surface area contributed by atoms with Gasteiger partial charge in [0.05, 0.1) is 36.1 Å². The minimum absolute atomic E-state index is 0.0111. The molecule has 228 valence electrons. The first-order valence-electron chi connectivity index (χ1n) is 15.6. The van der Waals surface area contributed by atoms with Crippen molar-refractivity contribution in [3.8, 4) is 0 Å². The Morgan fingerprint density at radius 2 is 1.90 bits per heavy atom. The van der Waals surface area contributed by atoms with Gasteiger partial charge in [-0.05, 0) is 81.6 Å². The van der Waals surface area contributed by atoms with E-state index in [0.29, 0.717) is 51.7 Å². The fourth-order valence-electron chi connectivity index (χ4n) is 10.1. The maximum atomic E-state index is 12.6. The summed E-state index contributed by atoms with van der Waals surface area (Å²) in [7, 11) is 0. The van der Waals surface area contributed by atoms with E-state index in [0.717, 1.165) is 24.8 Å². The van der Waals surface area contributed by atoms with Crippen LogP contribution in [0.2, 0.25) is 0 Å². The molecule has 0 aromatic rings. The molecule has 12 atom stereocenters. The highest BCUT2D eigenvalue weighted by Gasteiger charge is 2.71. The van der Waals surface area contributed by atoms with Gasteiger partial charge in [0.1, 0.15) is 12.7 Å². The Balaban J connectivity index is 1.26. The Hall–Kier alpha value is -1.62. The molecule has 0 aromatic carbocycles. The van der Waals surface area contributed by atoms with Crippen molar-refractivity contribution in [1.29, 1.82) is 0 Å². The van der Waals surface area contributed by atoms with Crippen molar-refractivity contribution in [2.24, 2.45) is 33.6 Å². The van der Waals surface area contributed by atoms with Crippen LogP contribution in [0.25, 0.3) is 0 Å². The van der Waals surface area contributed by atoms with Gasteiger partial charge in [-0.15, -0.1) is 6.58 Å². The van der Waals surface area contributed by atoms with E-state index in [9.17, 15) is 25.2 Å². The Bertz CT molecular complexity index is 1100. The molecule has 9 nitrogen and oxygen atoms in total. The number of nitrogens with zero attached hydrogens (tertiary/aromatic N) is 1. The van der Waals surface area contributed by atoms with Crippen molar-refractivity contribution < 1.29 is 39.4 Å². The lowest BCUT2D eigenvalue weighted by molar-refractivity contribution is -0.282. The summed E-state index contributed by atoms with van der Waals surface area (Å²) in [5, 5.41) is 45.4. The van der Waals surface area contributed by atoms with Crippen LogP contribution in [-0.4, -0.2) is 87.7 Å². The Morgan fingerprint density at radius 1 is 1.12 bits per heavy atom. The molecule has 0 unspecified atom stereocenters. The molecule has 4 saturated carbocycles. The van der Waals surface area contributed by atoms with E-state index in [1.54, 1.807) is 19.1 Å². The zero-order chi connectivity index (χ0) is 29.2. The normalized spacial score (nSPS) is 51.5. The van der Waals surface area contributed by atoms with Crippen LogP contribution in [0.15, 0.2) is 29.3 Å². The van der Waals surface area contributed by atoms with Crippen LogP contribution in [0, 0.1) is 28.6 Å². The number of fused-ring (bicyclic) bond motifs is 5. The van der Waals surface area contributed by atoms with Gasteiger partial charge in [-0.3, -0.25) is 4.99 Å². The van der Waals surface area contributed by atoms with E-state index in [1.807, 2.05) is 6.21 Å². The van der Waals surface area contributed by atoms with Crippen molar-refractivity contribution in [3.63, 3.8) is 0 Å². The van der Waals surface area contributed by atoms with E-state index < -0.39 is 41.2 Å². The summed E-state index contributed by atoms with van der Waals surface area (Å²) in [6.45, 7) is 8.54. The summed E-state index contributed by atoms with van der Waals surface area (Å²) in [4.78, 5) is 16.6. The van der Waals surface area contributed by atoms with E-state index in [-0.39, 0.29) is 41.7 Å². The van der Waals surface area contributed by atoms with Crippen LogP contribution in [0.5, 0.6) is 0 Å². The number of aliphatic hydroxyl groups excluding tert-OH is 2. The zero-order valence-electron chi connectivity index (χ0n) is 24.4. The molecule has 2 heterocycles. The van der Waals surface area contributed by atoms with Gasteiger partial charge in [0, 0.05) is 36.0 Å². The predicted octanol–water partition coefficient (Wildman–Crippen LogP) is 2.84. The van der Waals surface area contributed by atoms with E-state index in [2.05, 4.69) is 13.5 Å². The monoisotopic (exact) mass is 573 g/mol. The van der Waals surface area contributed by atoms with Crippen LogP contribution in [0.1, 0.15) is 78.1 Å². The van der Waals surface area contributed by atoms with Crippen molar-refractivity contribution in [2.75, 3.05) is 13.2 Å². The second-order valence-corrected chi connectivity index (χ2v) is 14.0. The number of rotatable bonds is 6. The van der Waals surface area contributed by atoms with Crippen LogP contribution < -0.4 is 0 Å². The van der Waals surface area contributed by atoms with Gasteiger partial charge in [-0.25, -0.2) is 4.79 Å². The van der Waals surface area contributed by atoms with Gasteiger partial charge in [-0.1, -0.05) is 13.0 Å². The third-order valence-corrected chi connectivity index (χ3v) is 12.2. The van der Waals surface area contributed by atoms with E-state index >= 15 is 0 Å². The number of hydrogen-bond donors (Lipinski definition) is 4. The average Bonchev–Trinajstić information content (AvgIpc) is 3.47. The molecule has 0 spiro atoms. The minimum Gasteiger partial charge on any atom is -0.458 e. The molecule has 4 aliphatic carbocycles. The minimum atomic E-state index is -1.06. The number of esters is 1. The largest absolute Gasteiger partial charge is 0.458 e. The highest BCUT2D eigenvalue weighted by molar-refractivity contribution is 5.85. The molecule has 1 saturated heterocycles. The molecular weight excluding hydrogens is 526 g/mol. The number of carbonyl (C=O) groups excluding carboxylic acids is 1. The molecule has 5 fully saturated rings. The molecule has 0 aromatic heterocycles. The Kier molecular flexibility index (Phi) is 7.56. The number of aliphatic imine (C=N–C) groups is 1. The number of hydrogen-bond acceptors (Lipinski definition) is 9. The average molecular weight is 574 g/mol. The maximum Gasteiger partial charge on any atom is 0.331 e. The van der Waals surface area contributed by atoms with E-state index in [4.69, 9.17) is 19.2 Å². The lowest BCUT2D eigenvalue weighted by Gasteiger charge is -2.66. The second kappa shape index (κ2) is 10.5. The van der Waals surface area contributed by atoms with Gasteiger partial charge in [-0.2, -0.15) is 0 Å². The van der Waals surface area contributed by atoms with Crippen molar-refractivity contribution in [2.45, 2.75) is 120 Å². The van der Waals surface area contributed by atoms with Gasteiger partial charge in [0.15, 0.2) is 6.29 Å². The summed E-state index contributed by atoms with van der Waals surface area (Å²) < 4.78 is 17.4.